The van der Waals surface area contributed by atoms with E-state index in [1.165, 1.54) is 33.8 Å². The van der Waals surface area contributed by atoms with Gasteiger partial charge in [-0.1, -0.05) is 45.0 Å². The Labute approximate surface area is 224 Å². The Bertz CT molecular complexity index is 1590. The third kappa shape index (κ3) is 4.03. The largest absolute Gasteiger partial charge is 0.397 e. The summed E-state index contributed by atoms with van der Waals surface area (Å²) in [5, 5.41) is 4.29. The van der Waals surface area contributed by atoms with Crippen LogP contribution in [-0.2, 0) is 25.7 Å². The number of anilines is 2. The van der Waals surface area contributed by atoms with E-state index in [9.17, 15) is 9.59 Å². The van der Waals surface area contributed by atoms with Crippen molar-refractivity contribution in [2.75, 3.05) is 11.1 Å². The SMILES string of the molecule is CC(C)(C)C1CCc2nc3sc(C(=O)Nc4sc5c(c4C(N)=O)-c4ccccc4CC5)c(N)c3cc2C1. The minimum Gasteiger partial charge on any atom is -0.397 e. The molecule has 3 aromatic heterocycles. The van der Waals surface area contributed by atoms with Gasteiger partial charge in [-0.15, -0.1) is 22.7 Å². The zero-order valence-electron chi connectivity index (χ0n) is 21.2. The standard InChI is InChI=1S/C29H30N4O2S2/c1-29(2,3)16-9-10-19-15(12-16)13-18-23(30)24(37-27(18)32-19)26(35)33-28-22(25(31)34)21-17-7-5-4-6-14(17)8-11-20(21)36-28/h4-7,13,16H,8-12,30H2,1-3H3,(H2,31,34)(H,33,35). The van der Waals surface area contributed by atoms with Gasteiger partial charge in [0.2, 0.25) is 0 Å². The summed E-state index contributed by atoms with van der Waals surface area (Å²) in [7, 11) is 0. The lowest BCUT2D eigenvalue weighted by Crippen LogP contribution is -2.27. The lowest BCUT2D eigenvalue weighted by atomic mass is 9.71. The minimum atomic E-state index is -0.545. The van der Waals surface area contributed by atoms with Gasteiger partial charge in [0.1, 0.15) is 14.7 Å². The van der Waals surface area contributed by atoms with Crippen LogP contribution < -0.4 is 16.8 Å². The molecular formula is C29H30N4O2S2. The first-order chi connectivity index (χ1) is 17.6. The van der Waals surface area contributed by atoms with Gasteiger partial charge in [0, 0.05) is 21.5 Å². The number of nitrogens with two attached hydrogens (primary N) is 2. The summed E-state index contributed by atoms with van der Waals surface area (Å²) in [6, 6.07) is 10.2. The average Bonchev–Trinajstić information content (AvgIpc) is 3.39. The molecule has 0 radical (unpaired) electrons. The lowest BCUT2D eigenvalue weighted by molar-refractivity contribution is 0.100. The van der Waals surface area contributed by atoms with Gasteiger partial charge in [-0.25, -0.2) is 4.98 Å². The van der Waals surface area contributed by atoms with Crippen LogP contribution >= 0.6 is 22.7 Å². The molecule has 1 aromatic carbocycles. The molecule has 0 aliphatic heterocycles. The molecule has 37 heavy (non-hydrogen) atoms. The van der Waals surface area contributed by atoms with Crippen LogP contribution in [0.2, 0.25) is 0 Å². The number of carbonyl (C=O) groups excluding carboxylic acids is 2. The van der Waals surface area contributed by atoms with Crippen molar-refractivity contribution in [1.82, 2.24) is 4.98 Å². The summed E-state index contributed by atoms with van der Waals surface area (Å²) in [6.45, 7) is 6.87. The molecule has 0 saturated heterocycles. The maximum Gasteiger partial charge on any atom is 0.268 e. The number of benzene rings is 1. The van der Waals surface area contributed by atoms with Crippen molar-refractivity contribution in [1.29, 1.82) is 0 Å². The maximum absolute atomic E-state index is 13.5. The van der Waals surface area contributed by atoms with Gasteiger partial charge in [-0.2, -0.15) is 0 Å². The second-order valence-corrected chi connectivity index (χ2v) is 13.3. The number of nitrogens with one attached hydrogen (secondary N) is 1. The number of primary amides is 1. The van der Waals surface area contributed by atoms with Gasteiger partial charge in [-0.3, -0.25) is 9.59 Å². The van der Waals surface area contributed by atoms with Gasteiger partial charge in [0.25, 0.3) is 11.8 Å². The first-order valence-corrected chi connectivity index (χ1v) is 14.3. The summed E-state index contributed by atoms with van der Waals surface area (Å²) in [5.41, 5.74) is 18.8. The lowest BCUT2D eigenvalue weighted by Gasteiger charge is -2.34. The number of hydrogen-bond donors (Lipinski definition) is 3. The Hall–Kier alpha value is -3.23. The van der Waals surface area contributed by atoms with Crippen molar-refractivity contribution in [2.24, 2.45) is 17.1 Å². The summed E-state index contributed by atoms with van der Waals surface area (Å²) >= 11 is 2.74. The predicted octanol–water partition coefficient (Wildman–Crippen LogP) is 6.21. The second-order valence-electron chi connectivity index (χ2n) is 11.2. The highest BCUT2D eigenvalue weighted by Crippen LogP contribution is 2.46. The van der Waals surface area contributed by atoms with Crippen LogP contribution in [0.1, 0.15) is 68.9 Å². The van der Waals surface area contributed by atoms with Crippen molar-refractivity contribution in [3.05, 3.63) is 62.5 Å². The Morgan fingerprint density at radius 1 is 1.08 bits per heavy atom. The number of pyridine rings is 1. The molecule has 2 aliphatic carbocycles. The van der Waals surface area contributed by atoms with Gasteiger partial charge in [0.15, 0.2) is 0 Å². The number of aromatic nitrogens is 1. The molecule has 2 amide bonds. The molecule has 5 N–H and O–H groups in total. The topological polar surface area (TPSA) is 111 Å². The number of hydrogen-bond acceptors (Lipinski definition) is 6. The highest BCUT2D eigenvalue weighted by molar-refractivity contribution is 7.21. The van der Waals surface area contributed by atoms with E-state index >= 15 is 0 Å². The first kappa shape index (κ1) is 24.1. The van der Waals surface area contributed by atoms with Crippen LogP contribution in [0.5, 0.6) is 0 Å². The molecule has 8 heteroatoms. The molecule has 0 saturated carbocycles. The zero-order valence-corrected chi connectivity index (χ0v) is 22.9. The third-order valence-electron chi connectivity index (χ3n) is 7.88. The molecule has 0 fully saturated rings. The average molecular weight is 531 g/mol. The monoisotopic (exact) mass is 530 g/mol. The number of fused-ring (bicyclic) bond motifs is 5. The molecule has 6 nitrogen and oxygen atoms in total. The van der Waals surface area contributed by atoms with Crippen LogP contribution in [0, 0.1) is 11.3 Å². The van der Waals surface area contributed by atoms with Crippen LogP contribution in [0.4, 0.5) is 10.7 Å². The van der Waals surface area contributed by atoms with Crippen molar-refractivity contribution in [2.45, 2.75) is 52.9 Å². The Morgan fingerprint density at radius 2 is 1.86 bits per heavy atom. The fraction of sp³-hybridized carbons (Fsp3) is 0.345. The van der Waals surface area contributed by atoms with Crippen molar-refractivity contribution >= 4 is 55.4 Å². The molecular weight excluding hydrogens is 500 g/mol. The minimum absolute atomic E-state index is 0.233. The van der Waals surface area contributed by atoms with Gasteiger partial charge in [-0.05, 0) is 66.2 Å². The van der Waals surface area contributed by atoms with Gasteiger partial charge < -0.3 is 16.8 Å². The van der Waals surface area contributed by atoms with E-state index in [1.54, 1.807) is 0 Å². The molecule has 1 atom stereocenters. The summed E-state index contributed by atoms with van der Waals surface area (Å²) in [4.78, 5) is 33.2. The summed E-state index contributed by atoms with van der Waals surface area (Å²) in [6.07, 6.45) is 4.74. The predicted molar refractivity (Wildman–Crippen MR) is 153 cm³/mol. The Balaban J connectivity index is 1.36. The van der Waals surface area contributed by atoms with E-state index in [4.69, 9.17) is 16.5 Å². The summed E-state index contributed by atoms with van der Waals surface area (Å²) in [5.74, 6) is -0.291. The Morgan fingerprint density at radius 3 is 2.62 bits per heavy atom. The number of aryl methyl sites for hydroxylation is 3. The Kier molecular flexibility index (Phi) is 5.65. The van der Waals surface area contributed by atoms with Crippen molar-refractivity contribution in [3.63, 3.8) is 0 Å². The van der Waals surface area contributed by atoms with Crippen LogP contribution in [0.25, 0.3) is 21.3 Å². The van der Waals surface area contributed by atoms with E-state index in [2.05, 4.69) is 38.2 Å². The molecule has 1 unspecified atom stereocenters. The molecule has 6 rings (SSSR count). The third-order valence-corrected chi connectivity index (χ3v) is 10.2. The summed E-state index contributed by atoms with van der Waals surface area (Å²) < 4.78 is 0. The van der Waals surface area contributed by atoms with E-state index in [0.29, 0.717) is 27.0 Å². The molecule has 0 bridgehead atoms. The fourth-order valence-electron chi connectivity index (χ4n) is 5.75. The number of rotatable bonds is 3. The molecule has 2 aliphatic rings. The molecule has 190 valence electrons. The zero-order chi connectivity index (χ0) is 26.1. The maximum atomic E-state index is 13.5. The van der Waals surface area contributed by atoms with Gasteiger partial charge >= 0.3 is 0 Å². The highest BCUT2D eigenvalue weighted by atomic mass is 32.1. The highest BCUT2D eigenvalue weighted by Gasteiger charge is 2.31. The number of nitrogens with zero attached hydrogens (tertiary/aromatic N) is 1. The molecule has 4 aromatic rings. The number of amides is 2. The smallest absolute Gasteiger partial charge is 0.268 e. The van der Waals surface area contributed by atoms with E-state index in [1.807, 2.05) is 18.2 Å². The van der Waals surface area contributed by atoms with Crippen molar-refractivity contribution < 1.29 is 9.59 Å². The first-order valence-electron chi connectivity index (χ1n) is 12.7. The van der Waals surface area contributed by atoms with E-state index in [0.717, 1.165) is 64.0 Å². The number of nitrogen functional groups attached to an aromatic ring is 1. The van der Waals surface area contributed by atoms with Crippen LogP contribution in [-0.4, -0.2) is 16.8 Å². The molecule has 0 spiro atoms. The number of carbonyl (C=O) groups is 2. The number of thiophene rings is 2. The molecule has 3 heterocycles. The van der Waals surface area contributed by atoms with Crippen LogP contribution in [0.15, 0.2) is 30.3 Å². The van der Waals surface area contributed by atoms with E-state index < -0.39 is 5.91 Å². The fourth-order valence-corrected chi connectivity index (χ4v) is 7.96. The normalized spacial score (nSPS) is 16.7. The van der Waals surface area contributed by atoms with Crippen LogP contribution in [0.3, 0.4) is 0 Å². The second kappa shape index (κ2) is 8.67. The van der Waals surface area contributed by atoms with Gasteiger partial charge in [0.05, 0.1) is 11.3 Å². The van der Waals surface area contributed by atoms with Crippen molar-refractivity contribution in [3.8, 4) is 11.1 Å². The quantitative estimate of drug-likeness (QED) is 0.292. The van der Waals surface area contributed by atoms with E-state index in [-0.39, 0.29) is 11.3 Å².